The molecule has 1 amide bonds. The highest BCUT2D eigenvalue weighted by Crippen LogP contribution is 1.95. The van der Waals surface area contributed by atoms with Gasteiger partial charge in [0.25, 0.3) is 0 Å². The Kier molecular flexibility index (Phi) is 5.66. The molecule has 0 aliphatic rings. The van der Waals surface area contributed by atoms with Gasteiger partial charge < -0.3 is 15.3 Å². The number of aliphatic hydroxyl groups excluding tert-OH is 1. The molecule has 12 heavy (non-hydrogen) atoms. The third kappa shape index (κ3) is 4.31. The molecule has 0 aromatic rings. The van der Waals surface area contributed by atoms with Crippen LogP contribution < -0.4 is 5.32 Å². The fourth-order valence-electron chi connectivity index (χ4n) is 0.763. The van der Waals surface area contributed by atoms with Crippen LogP contribution in [0.5, 0.6) is 0 Å². The van der Waals surface area contributed by atoms with Gasteiger partial charge in [-0.25, -0.2) is 0 Å². The van der Waals surface area contributed by atoms with Gasteiger partial charge >= 0.3 is 0 Å². The van der Waals surface area contributed by atoms with Crippen molar-refractivity contribution in [1.82, 2.24) is 10.2 Å². The van der Waals surface area contributed by atoms with E-state index in [9.17, 15) is 4.79 Å². The molecule has 0 saturated carbocycles. The van der Waals surface area contributed by atoms with Crippen molar-refractivity contribution >= 4 is 5.91 Å². The highest BCUT2D eigenvalue weighted by atomic mass is 16.3. The standard InChI is InChI=1S/C8H18N2O2/c1-7(6-11)10(3)5-4-8(12)9-2/h7,11H,4-6H2,1-3H3,(H,9,12). The summed E-state index contributed by atoms with van der Waals surface area (Å²) >= 11 is 0. The van der Waals surface area contributed by atoms with Crippen LogP contribution in [0.15, 0.2) is 0 Å². The minimum Gasteiger partial charge on any atom is -0.395 e. The van der Waals surface area contributed by atoms with E-state index in [2.05, 4.69) is 5.32 Å². The number of aliphatic hydroxyl groups is 1. The number of likely N-dealkylation sites (N-methyl/N-ethyl adjacent to an activating group) is 1. The van der Waals surface area contributed by atoms with Crippen LogP contribution in [0.1, 0.15) is 13.3 Å². The highest BCUT2D eigenvalue weighted by molar-refractivity contribution is 5.75. The number of carbonyl (C=O) groups excluding carboxylic acids is 1. The lowest BCUT2D eigenvalue weighted by Crippen LogP contribution is -2.35. The lowest BCUT2D eigenvalue weighted by atomic mass is 10.3. The zero-order chi connectivity index (χ0) is 9.56. The summed E-state index contributed by atoms with van der Waals surface area (Å²) in [6.07, 6.45) is 0.483. The van der Waals surface area contributed by atoms with Crippen LogP contribution in [0.3, 0.4) is 0 Å². The molecule has 0 aliphatic heterocycles. The van der Waals surface area contributed by atoms with Crippen LogP contribution in [0.4, 0.5) is 0 Å². The molecule has 0 rings (SSSR count). The van der Waals surface area contributed by atoms with Gasteiger partial charge in [0, 0.05) is 26.1 Å². The van der Waals surface area contributed by atoms with Gasteiger partial charge in [-0.2, -0.15) is 0 Å². The monoisotopic (exact) mass is 174 g/mol. The molecule has 0 spiro atoms. The normalized spacial score (nSPS) is 13.1. The second-order valence-corrected chi connectivity index (χ2v) is 2.94. The molecule has 0 aromatic carbocycles. The summed E-state index contributed by atoms with van der Waals surface area (Å²) in [6, 6.07) is 0.120. The van der Waals surface area contributed by atoms with E-state index in [0.29, 0.717) is 13.0 Å². The predicted octanol–water partition coefficient (Wildman–Crippen LogP) is -0.565. The van der Waals surface area contributed by atoms with Crippen LogP contribution in [-0.4, -0.2) is 49.2 Å². The van der Waals surface area contributed by atoms with Crippen LogP contribution >= 0.6 is 0 Å². The maximum atomic E-state index is 10.8. The number of rotatable bonds is 5. The van der Waals surface area contributed by atoms with Crippen LogP contribution in [0.2, 0.25) is 0 Å². The topological polar surface area (TPSA) is 52.6 Å². The Balaban J connectivity index is 3.56. The molecule has 0 heterocycles. The van der Waals surface area contributed by atoms with E-state index >= 15 is 0 Å². The van der Waals surface area contributed by atoms with Crippen LogP contribution in [0.25, 0.3) is 0 Å². The number of amides is 1. The summed E-state index contributed by atoms with van der Waals surface area (Å²) in [5.74, 6) is 0.0342. The molecule has 72 valence electrons. The molecule has 4 nitrogen and oxygen atoms in total. The summed E-state index contributed by atoms with van der Waals surface area (Å²) in [5.41, 5.74) is 0. The Bertz CT molecular complexity index is 139. The van der Waals surface area contributed by atoms with Gasteiger partial charge in [0.15, 0.2) is 0 Å². The van der Waals surface area contributed by atoms with Crippen molar-refractivity contribution in [2.24, 2.45) is 0 Å². The smallest absolute Gasteiger partial charge is 0.221 e. The quantitative estimate of drug-likeness (QED) is 0.587. The van der Waals surface area contributed by atoms with Crippen molar-refractivity contribution in [3.63, 3.8) is 0 Å². The molecular formula is C8H18N2O2. The Morgan fingerprint density at radius 3 is 2.67 bits per heavy atom. The first-order chi connectivity index (χ1) is 5.61. The van der Waals surface area contributed by atoms with E-state index in [0.717, 1.165) is 0 Å². The second-order valence-electron chi connectivity index (χ2n) is 2.94. The van der Waals surface area contributed by atoms with Gasteiger partial charge in [-0.3, -0.25) is 4.79 Å². The number of hydrogen-bond donors (Lipinski definition) is 2. The van der Waals surface area contributed by atoms with E-state index in [1.807, 2.05) is 18.9 Å². The van der Waals surface area contributed by atoms with Crippen molar-refractivity contribution in [3.8, 4) is 0 Å². The fraction of sp³-hybridized carbons (Fsp3) is 0.875. The third-order valence-corrected chi connectivity index (χ3v) is 1.99. The molecule has 0 aliphatic carbocycles. The van der Waals surface area contributed by atoms with Gasteiger partial charge in [0.1, 0.15) is 0 Å². The number of carbonyl (C=O) groups is 1. The van der Waals surface area contributed by atoms with Crippen molar-refractivity contribution in [3.05, 3.63) is 0 Å². The lowest BCUT2D eigenvalue weighted by molar-refractivity contribution is -0.121. The van der Waals surface area contributed by atoms with E-state index in [1.165, 1.54) is 0 Å². The lowest BCUT2D eigenvalue weighted by Gasteiger charge is -2.21. The van der Waals surface area contributed by atoms with Crippen molar-refractivity contribution < 1.29 is 9.90 Å². The molecule has 4 heteroatoms. The third-order valence-electron chi connectivity index (χ3n) is 1.99. The number of nitrogens with zero attached hydrogens (tertiary/aromatic N) is 1. The van der Waals surface area contributed by atoms with Gasteiger partial charge in [0.05, 0.1) is 6.61 Å². The Morgan fingerprint density at radius 2 is 2.25 bits per heavy atom. The zero-order valence-electron chi connectivity index (χ0n) is 8.00. The molecule has 0 aromatic heterocycles. The number of nitrogens with one attached hydrogen (secondary N) is 1. The van der Waals surface area contributed by atoms with Gasteiger partial charge in [-0.05, 0) is 14.0 Å². The number of hydrogen-bond acceptors (Lipinski definition) is 3. The summed E-state index contributed by atoms with van der Waals surface area (Å²) in [7, 11) is 3.52. The molecule has 1 unspecified atom stereocenters. The first-order valence-corrected chi connectivity index (χ1v) is 4.13. The predicted molar refractivity (Wildman–Crippen MR) is 47.9 cm³/mol. The fourth-order valence-corrected chi connectivity index (χ4v) is 0.763. The minimum atomic E-state index is 0.0342. The summed E-state index contributed by atoms with van der Waals surface area (Å²) < 4.78 is 0. The molecule has 0 radical (unpaired) electrons. The van der Waals surface area contributed by atoms with Crippen molar-refractivity contribution in [2.45, 2.75) is 19.4 Å². The first-order valence-electron chi connectivity index (χ1n) is 4.13. The van der Waals surface area contributed by atoms with Crippen molar-refractivity contribution in [1.29, 1.82) is 0 Å². The summed E-state index contributed by atoms with van der Waals surface area (Å²) in [5, 5.41) is 11.3. The summed E-state index contributed by atoms with van der Waals surface area (Å²) in [4.78, 5) is 12.8. The second kappa shape index (κ2) is 5.97. The van der Waals surface area contributed by atoms with Crippen molar-refractivity contribution in [2.75, 3.05) is 27.2 Å². The van der Waals surface area contributed by atoms with E-state index in [-0.39, 0.29) is 18.6 Å². The van der Waals surface area contributed by atoms with Gasteiger partial charge in [0.2, 0.25) is 5.91 Å². The van der Waals surface area contributed by atoms with Gasteiger partial charge in [-0.15, -0.1) is 0 Å². The van der Waals surface area contributed by atoms with E-state index in [1.54, 1.807) is 7.05 Å². The average molecular weight is 174 g/mol. The summed E-state index contributed by atoms with van der Waals surface area (Å²) in [6.45, 7) is 2.73. The molecule has 0 saturated heterocycles. The Morgan fingerprint density at radius 1 is 1.67 bits per heavy atom. The highest BCUT2D eigenvalue weighted by Gasteiger charge is 2.08. The van der Waals surface area contributed by atoms with Crippen LogP contribution in [-0.2, 0) is 4.79 Å². The maximum absolute atomic E-state index is 10.8. The molecule has 0 bridgehead atoms. The largest absolute Gasteiger partial charge is 0.395 e. The Hall–Kier alpha value is -0.610. The maximum Gasteiger partial charge on any atom is 0.221 e. The SMILES string of the molecule is CNC(=O)CCN(C)C(C)CO. The zero-order valence-corrected chi connectivity index (χ0v) is 8.00. The Labute approximate surface area is 73.6 Å². The molecule has 0 fully saturated rings. The van der Waals surface area contributed by atoms with Crippen LogP contribution in [0, 0.1) is 0 Å². The van der Waals surface area contributed by atoms with Gasteiger partial charge in [-0.1, -0.05) is 0 Å². The minimum absolute atomic E-state index is 0.0342. The average Bonchev–Trinajstić information content (AvgIpc) is 2.11. The molecular weight excluding hydrogens is 156 g/mol. The van der Waals surface area contributed by atoms with E-state index < -0.39 is 0 Å². The first kappa shape index (κ1) is 11.4. The van der Waals surface area contributed by atoms with E-state index in [4.69, 9.17) is 5.11 Å². The molecule has 1 atom stereocenters. The molecule has 2 N–H and O–H groups in total.